The molecule has 0 aliphatic heterocycles. The molecule has 26 heavy (non-hydrogen) atoms. The monoisotopic (exact) mass is 407 g/mol. The highest BCUT2D eigenvalue weighted by atomic mass is 35.5. The molecule has 3 N–H and O–H groups in total. The summed E-state index contributed by atoms with van der Waals surface area (Å²) in [5, 5.41) is 0.273. The Morgan fingerprint density at radius 3 is 2.23 bits per heavy atom. The molecular weight excluding hydrogens is 387 g/mol. The molecule has 0 radical (unpaired) electrons. The Labute approximate surface area is 156 Å². The Hall–Kier alpha value is -1.62. The summed E-state index contributed by atoms with van der Waals surface area (Å²) in [5.41, 5.74) is 0.240. The number of rotatable bonds is 5. The Morgan fingerprint density at radius 1 is 1.23 bits per heavy atom. The van der Waals surface area contributed by atoms with E-state index in [-0.39, 0.29) is 10.8 Å². The normalized spacial score (nSPS) is 11.7. The van der Waals surface area contributed by atoms with Crippen LogP contribution in [0.2, 0.25) is 5.02 Å². The van der Waals surface area contributed by atoms with Crippen LogP contribution in [0.25, 0.3) is 11.3 Å². The molecule has 0 spiro atoms. The van der Waals surface area contributed by atoms with E-state index in [0.29, 0.717) is 16.9 Å². The number of nitrogens with two attached hydrogens (primary N) is 1. The minimum Gasteiger partial charge on any atom is -0.222 e. The summed E-state index contributed by atoms with van der Waals surface area (Å²) in [6.07, 6.45) is 2.50. The lowest BCUT2D eigenvalue weighted by molar-refractivity contribution is -0.277. The van der Waals surface area contributed by atoms with Gasteiger partial charge in [0, 0.05) is 11.6 Å². The Balaban J connectivity index is 0.000000765. The van der Waals surface area contributed by atoms with Gasteiger partial charge in [-0.1, -0.05) is 11.6 Å². The van der Waals surface area contributed by atoms with Crippen LogP contribution in [0.15, 0.2) is 41.0 Å². The van der Waals surface area contributed by atoms with Crippen LogP contribution >= 0.6 is 11.6 Å². The van der Waals surface area contributed by atoms with Crippen molar-refractivity contribution in [3.63, 3.8) is 0 Å². The Kier molecular flexibility index (Phi) is 8.07. The lowest BCUT2D eigenvalue weighted by Gasteiger charge is -2.25. The first-order valence-electron chi connectivity index (χ1n) is 7.27. The van der Waals surface area contributed by atoms with Crippen LogP contribution in [-0.4, -0.2) is 21.8 Å². The van der Waals surface area contributed by atoms with Crippen molar-refractivity contribution in [1.29, 1.82) is 0 Å². The summed E-state index contributed by atoms with van der Waals surface area (Å²) in [5.74, 6) is 4.29. The first kappa shape index (κ1) is 22.4. The van der Waals surface area contributed by atoms with E-state index in [0.717, 1.165) is 6.26 Å². The smallest absolute Gasteiger partial charge is 0.222 e. The molecule has 10 heteroatoms. The molecule has 0 unspecified atom stereocenters. The Bertz CT molecular complexity index is 827. The van der Waals surface area contributed by atoms with Gasteiger partial charge in [0.2, 0.25) is 10.0 Å². The van der Waals surface area contributed by atoms with Gasteiger partial charge < -0.3 is 0 Å². The summed E-state index contributed by atoms with van der Waals surface area (Å²) in [6, 6.07) is 7.29. The van der Waals surface area contributed by atoms with Crippen molar-refractivity contribution in [1.82, 2.24) is 4.72 Å². The van der Waals surface area contributed by atoms with E-state index < -0.39 is 15.6 Å². The van der Waals surface area contributed by atoms with E-state index in [1.54, 1.807) is 32.0 Å². The maximum atomic E-state index is 13.0. The highest BCUT2D eigenvalue weighted by molar-refractivity contribution is 7.88. The molecule has 0 atom stereocenters. The summed E-state index contributed by atoms with van der Waals surface area (Å²) in [4.78, 5) is 7.36. The van der Waals surface area contributed by atoms with Crippen molar-refractivity contribution in [3.8, 4) is 11.3 Å². The molecule has 1 heterocycles. The van der Waals surface area contributed by atoms with Crippen molar-refractivity contribution in [2.24, 2.45) is 5.90 Å². The maximum absolute atomic E-state index is 13.0. The van der Waals surface area contributed by atoms with Crippen LogP contribution in [0.4, 0.5) is 4.39 Å². The molecule has 7 nitrogen and oxygen atoms in total. The highest BCUT2D eigenvalue weighted by Crippen LogP contribution is 2.36. The lowest BCUT2D eigenvalue weighted by atomic mass is 9.95. The maximum Gasteiger partial charge on any atom is 0.378 e. The topological polar surface area (TPSA) is 102 Å². The molecule has 0 amide bonds. The van der Waals surface area contributed by atoms with E-state index in [1.165, 1.54) is 25.5 Å². The fraction of sp³-hybridized carbons (Fsp3) is 0.312. The van der Waals surface area contributed by atoms with Gasteiger partial charge in [-0.25, -0.2) is 26.8 Å². The molecule has 0 bridgehead atoms. The number of halogens is 2. The number of hydrogen-bond acceptors (Lipinski definition) is 5. The van der Waals surface area contributed by atoms with E-state index in [9.17, 15) is 12.8 Å². The van der Waals surface area contributed by atoms with E-state index in [4.69, 9.17) is 16.0 Å². The van der Waals surface area contributed by atoms with Gasteiger partial charge in [-0.05, 0) is 38.1 Å². The van der Waals surface area contributed by atoms with Crippen molar-refractivity contribution in [2.75, 3.05) is 13.4 Å². The standard InChI is InChI=1S/C15H16ClFNO3S.CH5NO2/c1-15(2,18-22(3,19)20)12-8-9-21-14(13(12)16)10-4-6-11(17)7-5-10;1-3-4-2/h4-9,18H,1-3H3;2H2,1H3/q+1;. The van der Waals surface area contributed by atoms with E-state index in [2.05, 4.69) is 20.5 Å². The summed E-state index contributed by atoms with van der Waals surface area (Å²) in [7, 11) is -2.09. The third kappa shape index (κ3) is 6.60. The summed E-state index contributed by atoms with van der Waals surface area (Å²) < 4.78 is 44.0. The first-order chi connectivity index (χ1) is 12.0. The fourth-order valence-corrected chi connectivity index (χ4v) is 3.70. The average molecular weight is 408 g/mol. The first-order valence-corrected chi connectivity index (χ1v) is 9.54. The molecule has 1 aromatic heterocycles. The van der Waals surface area contributed by atoms with Crippen molar-refractivity contribution in [2.45, 2.75) is 19.4 Å². The van der Waals surface area contributed by atoms with Crippen LogP contribution in [0, 0.1) is 5.82 Å². The molecule has 0 saturated heterocycles. The van der Waals surface area contributed by atoms with E-state index in [1.807, 2.05) is 0 Å². The molecular formula is C16H21ClFN2O5S+. The molecule has 0 fully saturated rings. The SMILES string of the molecule is CC(C)(NS(C)(=O)=O)c1cc[o+]c(-c2ccc(F)cc2)c1Cl.COON. The van der Waals surface area contributed by atoms with Gasteiger partial charge in [-0.2, -0.15) is 5.90 Å². The van der Waals surface area contributed by atoms with Gasteiger partial charge in [-0.15, -0.1) is 4.99 Å². The van der Waals surface area contributed by atoms with Gasteiger partial charge in [0.15, 0.2) is 5.02 Å². The number of sulfonamides is 1. The number of nitrogens with one attached hydrogen (secondary N) is 1. The van der Waals surface area contributed by atoms with Gasteiger partial charge in [0.25, 0.3) is 0 Å². The van der Waals surface area contributed by atoms with E-state index >= 15 is 0 Å². The minimum atomic E-state index is -3.42. The second-order valence-electron chi connectivity index (χ2n) is 5.75. The predicted molar refractivity (Wildman–Crippen MR) is 96.8 cm³/mol. The summed E-state index contributed by atoms with van der Waals surface area (Å²) >= 11 is 6.37. The molecule has 2 rings (SSSR count). The lowest BCUT2D eigenvalue weighted by Crippen LogP contribution is -2.40. The minimum absolute atomic E-state index is 0.273. The molecule has 2 aromatic rings. The van der Waals surface area contributed by atoms with Crippen LogP contribution < -0.4 is 10.6 Å². The molecule has 0 aliphatic carbocycles. The van der Waals surface area contributed by atoms with Gasteiger partial charge in [0.05, 0.1) is 24.5 Å². The second-order valence-corrected chi connectivity index (χ2v) is 7.87. The summed E-state index contributed by atoms with van der Waals surface area (Å²) in [6.45, 7) is 3.40. The highest BCUT2D eigenvalue weighted by Gasteiger charge is 2.32. The molecule has 0 saturated carbocycles. The third-order valence-corrected chi connectivity index (χ3v) is 4.43. The van der Waals surface area contributed by atoms with Crippen LogP contribution in [0.5, 0.6) is 0 Å². The number of hydrogen-bond donors (Lipinski definition) is 2. The third-order valence-electron chi connectivity index (χ3n) is 3.17. The van der Waals surface area contributed by atoms with Crippen LogP contribution in [-0.2, 0) is 25.4 Å². The van der Waals surface area contributed by atoms with Gasteiger partial charge in [0.1, 0.15) is 5.82 Å². The van der Waals surface area contributed by atoms with Crippen LogP contribution in [0.1, 0.15) is 19.4 Å². The fourth-order valence-electron chi connectivity index (χ4n) is 2.21. The van der Waals surface area contributed by atoms with Crippen LogP contribution in [0.3, 0.4) is 0 Å². The molecule has 1 aromatic carbocycles. The largest absolute Gasteiger partial charge is 0.378 e. The quantitative estimate of drug-likeness (QED) is 0.448. The Morgan fingerprint density at radius 2 is 1.77 bits per heavy atom. The second kappa shape index (κ2) is 9.36. The predicted octanol–water partition coefficient (Wildman–Crippen LogP) is 3.24. The number of benzene rings is 1. The van der Waals surface area contributed by atoms with Crippen molar-refractivity contribution < 1.29 is 27.1 Å². The zero-order valence-corrected chi connectivity index (χ0v) is 16.3. The zero-order valence-electron chi connectivity index (χ0n) is 14.7. The molecule has 0 aliphatic rings. The average Bonchev–Trinajstić information content (AvgIpc) is 2.54. The zero-order chi connectivity index (χ0) is 20.0. The van der Waals surface area contributed by atoms with Crippen molar-refractivity contribution in [3.05, 3.63) is 53.0 Å². The van der Waals surface area contributed by atoms with Gasteiger partial charge in [-0.3, -0.25) is 0 Å². The molecule has 144 valence electrons. The van der Waals surface area contributed by atoms with Crippen molar-refractivity contribution >= 4 is 21.6 Å². The van der Waals surface area contributed by atoms with Gasteiger partial charge >= 0.3 is 12.0 Å².